The zero-order chi connectivity index (χ0) is 20.0. The van der Waals surface area contributed by atoms with Gasteiger partial charge in [0.1, 0.15) is 16.6 Å². The Morgan fingerprint density at radius 3 is 2.86 bits per heavy atom. The monoisotopic (exact) mass is 440 g/mol. The number of amides is 1. The number of rotatable bonds is 4. The summed E-state index contributed by atoms with van der Waals surface area (Å²) in [6.07, 6.45) is -1.79. The summed E-state index contributed by atoms with van der Waals surface area (Å²) in [5, 5.41) is 10.5. The number of benzene rings is 2. The van der Waals surface area contributed by atoms with Crippen LogP contribution >= 0.6 is 34.5 Å². The van der Waals surface area contributed by atoms with Gasteiger partial charge in [-0.15, -0.1) is 11.3 Å². The third kappa shape index (κ3) is 3.50. The number of anilines is 1. The minimum Gasteiger partial charge on any atom is -0.481 e. The van der Waals surface area contributed by atoms with E-state index in [0.29, 0.717) is 26.3 Å². The van der Waals surface area contributed by atoms with E-state index < -0.39 is 30.2 Å². The van der Waals surface area contributed by atoms with E-state index in [1.54, 1.807) is 12.1 Å². The van der Waals surface area contributed by atoms with Crippen LogP contribution in [0.25, 0.3) is 10.2 Å². The van der Waals surface area contributed by atoms with Gasteiger partial charge in [0, 0.05) is 11.1 Å². The molecule has 1 aromatic heterocycles. The first-order valence-electron chi connectivity index (χ1n) is 8.05. The van der Waals surface area contributed by atoms with Crippen molar-refractivity contribution in [2.24, 2.45) is 0 Å². The highest BCUT2D eigenvalue weighted by Crippen LogP contribution is 2.38. The molecule has 1 aliphatic heterocycles. The number of ether oxygens (including phenoxy) is 1. The molecular weight excluding hydrogens is 430 g/mol. The maximum absolute atomic E-state index is 13.6. The van der Waals surface area contributed by atoms with Gasteiger partial charge in [-0.25, -0.2) is 9.37 Å². The maximum Gasteiger partial charge on any atom is 0.307 e. The van der Waals surface area contributed by atoms with Crippen LogP contribution < -0.4 is 9.64 Å². The zero-order valence-electron chi connectivity index (χ0n) is 14.0. The summed E-state index contributed by atoms with van der Waals surface area (Å²) in [7, 11) is 0. The quantitative estimate of drug-likeness (QED) is 0.645. The third-order valence-corrected chi connectivity index (χ3v) is 5.85. The number of hydrogen-bond acceptors (Lipinski definition) is 5. The fourth-order valence-electron chi connectivity index (χ4n) is 2.96. The molecule has 0 aliphatic carbocycles. The Balaban J connectivity index is 1.74. The van der Waals surface area contributed by atoms with Crippen molar-refractivity contribution in [2.45, 2.75) is 19.1 Å². The molecule has 0 saturated carbocycles. The van der Waals surface area contributed by atoms with Crippen molar-refractivity contribution in [1.29, 1.82) is 0 Å². The van der Waals surface area contributed by atoms with Crippen molar-refractivity contribution in [3.63, 3.8) is 0 Å². The average Bonchev–Trinajstić information content (AvgIpc) is 3.01. The molecule has 3 aromatic rings. The van der Waals surface area contributed by atoms with Crippen LogP contribution in [0.2, 0.25) is 10.0 Å². The van der Waals surface area contributed by atoms with Crippen molar-refractivity contribution in [3.8, 4) is 5.75 Å². The van der Waals surface area contributed by atoms with Crippen molar-refractivity contribution in [3.05, 3.63) is 51.2 Å². The van der Waals surface area contributed by atoms with Gasteiger partial charge in [0.05, 0.1) is 33.9 Å². The lowest BCUT2D eigenvalue weighted by atomic mass is 10.1. The van der Waals surface area contributed by atoms with E-state index in [2.05, 4.69) is 4.98 Å². The van der Waals surface area contributed by atoms with E-state index >= 15 is 0 Å². The number of aliphatic carboxylic acids is 1. The van der Waals surface area contributed by atoms with Crippen molar-refractivity contribution in [2.75, 3.05) is 4.90 Å². The number of halogens is 3. The smallest absolute Gasteiger partial charge is 0.307 e. The number of nitrogens with zero attached hydrogens (tertiary/aromatic N) is 2. The summed E-state index contributed by atoms with van der Waals surface area (Å²) in [6.45, 7) is 0.0598. The Bertz CT molecular complexity index is 1120. The summed E-state index contributed by atoms with van der Waals surface area (Å²) in [5.74, 6) is -2.18. The van der Waals surface area contributed by atoms with Crippen LogP contribution in [0.1, 0.15) is 11.4 Å². The SMILES string of the molecule is O=C(O)CC1Oc2cc(F)ccc2N(Cc2nc3cc(Cl)cc(Cl)c3s2)C1=O. The number of carbonyl (C=O) groups is 2. The highest BCUT2D eigenvalue weighted by atomic mass is 35.5. The molecule has 10 heteroatoms. The van der Waals surface area contributed by atoms with Gasteiger partial charge in [0.2, 0.25) is 0 Å². The molecule has 0 spiro atoms. The second-order valence-corrected chi connectivity index (χ2v) is 8.01. The van der Waals surface area contributed by atoms with Crippen molar-refractivity contribution in [1.82, 2.24) is 4.98 Å². The topological polar surface area (TPSA) is 79.7 Å². The fraction of sp³-hybridized carbons (Fsp3) is 0.167. The van der Waals surface area contributed by atoms with Crippen LogP contribution in [0, 0.1) is 5.82 Å². The van der Waals surface area contributed by atoms with E-state index in [1.165, 1.54) is 28.4 Å². The molecule has 0 fully saturated rings. The molecule has 0 bridgehead atoms. The van der Waals surface area contributed by atoms with Crippen LogP contribution in [0.4, 0.5) is 10.1 Å². The summed E-state index contributed by atoms with van der Waals surface area (Å²) in [4.78, 5) is 29.7. The number of aromatic nitrogens is 1. The Labute approximate surface area is 172 Å². The summed E-state index contributed by atoms with van der Waals surface area (Å²) in [6, 6.07) is 7.01. The number of thiazole rings is 1. The lowest BCUT2D eigenvalue weighted by Crippen LogP contribution is -2.46. The Morgan fingerprint density at radius 2 is 2.11 bits per heavy atom. The first kappa shape index (κ1) is 18.9. The van der Waals surface area contributed by atoms with E-state index in [1.807, 2.05) is 0 Å². The van der Waals surface area contributed by atoms with E-state index in [0.717, 1.165) is 10.8 Å². The molecule has 2 aromatic carbocycles. The van der Waals surface area contributed by atoms with E-state index in [-0.39, 0.29) is 12.3 Å². The van der Waals surface area contributed by atoms with Crippen LogP contribution in [0.15, 0.2) is 30.3 Å². The van der Waals surface area contributed by atoms with E-state index in [9.17, 15) is 14.0 Å². The van der Waals surface area contributed by atoms with Gasteiger partial charge in [0.15, 0.2) is 6.10 Å². The molecule has 4 rings (SSSR count). The number of fused-ring (bicyclic) bond motifs is 2. The largest absolute Gasteiger partial charge is 0.481 e. The van der Waals surface area contributed by atoms with Gasteiger partial charge in [-0.05, 0) is 24.3 Å². The minimum atomic E-state index is -1.25. The zero-order valence-corrected chi connectivity index (χ0v) is 16.3. The highest BCUT2D eigenvalue weighted by Gasteiger charge is 2.36. The van der Waals surface area contributed by atoms with Gasteiger partial charge in [-0.2, -0.15) is 0 Å². The third-order valence-electron chi connectivity index (χ3n) is 4.13. The standard InChI is InChI=1S/C18H11Cl2FN2O4S/c19-8-3-10(20)17-11(4-8)22-15(28-17)7-23-12-2-1-9(21)5-13(12)27-14(18(23)26)6-16(24)25/h1-5,14H,6-7H2,(H,24,25). The van der Waals surface area contributed by atoms with Gasteiger partial charge >= 0.3 is 5.97 Å². The minimum absolute atomic E-state index is 0.0598. The van der Waals surface area contributed by atoms with Crippen molar-refractivity contribution >= 4 is 62.3 Å². The molecule has 1 atom stereocenters. The summed E-state index contributed by atoms with van der Waals surface area (Å²) >= 11 is 13.5. The number of carbonyl (C=O) groups excluding carboxylic acids is 1. The molecule has 1 amide bonds. The maximum atomic E-state index is 13.6. The Kier molecular flexibility index (Phi) is 4.86. The van der Waals surface area contributed by atoms with Crippen molar-refractivity contribution < 1.29 is 23.8 Å². The van der Waals surface area contributed by atoms with Gasteiger partial charge in [-0.3, -0.25) is 14.5 Å². The highest BCUT2D eigenvalue weighted by molar-refractivity contribution is 7.19. The second-order valence-electron chi connectivity index (χ2n) is 6.08. The van der Waals surface area contributed by atoms with Crippen LogP contribution in [-0.2, 0) is 16.1 Å². The fourth-order valence-corrected chi connectivity index (χ4v) is 4.50. The van der Waals surface area contributed by atoms with Gasteiger partial charge in [-0.1, -0.05) is 23.2 Å². The second kappa shape index (κ2) is 7.20. The van der Waals surface area contributed by atoms with E-state index in [4.69, 9.17) is 33.0 Å². The summed E-state index contributed by atoms with van der Waals surface area (Å²) in [5.41, 5.74) is 0.941. The van der Waals surface area contributed by atoms with Gasteiger partial charge < -0.3 is 9.84 Å². The first-order valence-corrected chi connectivity index (χ1v) is 9.63. The van der Waals surface area contributed by atoms with Gasteiger partial charge in [0.25, 0.3) is 5.91 Å². The average molecular weight is 441 g/mol. The molecule has 1 aliphatic rings. The molecule has 1 N–H and O–H groups in total. The molecular formula is C18H11Cl2FN2O4S. The predicted octanol–water partition coefficient (Wildman–Crippen LogP) is 4.51. The predicted molar refractivity (Wildman–Crippen MR) is 104 cm³/mol. The normalized spacial score (nSPS) is 16.2. The lowest BCUT2D eigenvalue weighted by Gasteiger charge is -2.33. The first-order chi connectivity index (χ1) is 13.3. The molecule has 0 saturated heterocycles. The number of carboxylic acid groups (broad SMARTS) is 1. The molecule has 2 heterocycles. The molecule has 144 valence electrons. The van der Waals surface area contributed by atoms with Crippen LogP contribution in [0.5, 0.6) is 5.75 Å². The molecule has 6 nitrogen and oxygen atoms in total. The Hall–Kier alpha value is -2.42. The number of hydrogen-bond donors (Lipinski definition) is 1. The number of carboxylic acids is 1. The Morgan fingerprint density at radius 1 is 1.32 bits per heavy atom. The summed E-state index contributed by atoms with van der Waals surface area (Å²) < 4.78 is 19.8. The molecule has 1 unspecified atom stereocenters. The molecule has 0 radical (unpaired) electrons. The lowest BCUT2D eigenvalue weighted by molar-refractivity contribution is -0.142. The molecule has 28 heavy (non-hydrogen) atoms. The van der Waals surface area contributed by atoms with Crippen LogP contribution in [0.3, 0.4) is 0 Å². The van der Waals surface area contributed by atoms with Crippen LogP contribution in [-0.4, -0.2) is 28.1 Å².